The number of aliphatic hydroxyl groups excluding tert-OH is 1. The number of nitrogens with zero attached hydrogens (tertiary/aromatic N) is 4. The van der Waals surface area contributed by atoms with Gasteiger partial charge in [-0.2, -0.15) is 5.10 Å². The molecule has 3 rings (SSSR count). The van der Waals surface area contributed by atoms with Crippen LogP contribution in [-0.2, 0) is 20.9 Å². The lowest BCUT2D eigenvalue weighted by Gasteiger charge is -2.26. The topological polar surface area (TPSA) is 125 Å². The van der Waals surface area contributed by atoms with Gasteiger partial charge in [-0.25, -0.2) is 14.9 Å². The molecule has 2 heterocycles. The average Bonchev–Trinajstić information content (AvgIpc) is 3.13. The molecule has 1 aromatic heterocycles. The van der Waals surface area contributed by atoms with Crippen LogP contribution in [0.5, 0.6) is 0 Å². The Morgan fingerprint density at radius 3 is 2.80 bits per heavy atom. The molecule has 11 heteroatoms. The van der Waals surface area contributed by atoms with E-state index >= 15 is 0 Å². The van der Waals surface area contributed by atoms with Gasteiger partial charge in [0.1, 0.15) is 12.4 Å². The summed E-state index contributed by atoms with van der Waals surface area (Å²) in [7, 11) is 0. The molecule has 30 heavy (non-hydrogen) atoms. The van der Waals surface area contributed by atoms with Crippen LogP contribution in [0.1, 0.15) is 32.8 Å². The zero-order valence-electron chi connectivity index (χ0n) is 17.0. The lowest BCUT2D eigenvalue weighted by Crippen LogP contribution is -2.49. The van der Waals surface area contributed by atoms with E-state index in [1.54, 1.807) is 23.1 Å². The number of carbonyl (C=O) groups excluding carboxylic acids is 2. The molecule has 10 nitrogen and oxygen atoms in total. The highest BCUT2D eigenvalue weighted by atomic mass is 35.5. The molecule has 1 aromatic carbocycles. The molecule has 3 N–H and O–H groups in total. The van der Waals surface area contributed by atoms with Gasteiger partial charge in [-0.05, 0) is 44.5 Å². The molecule has 1 aliphatic rings. The second-order valence-electron chi connectivity index (χ2n) is 7.88. The van der Waals surface area contributed by atoms with Crippen LogP contribution in [0, 0.1) is 0 Å². The summed E-state index contributed by atoms with van der Waals surface area (Å²) in [5.41, 5.74) is 1.06. The minimum Gasteiger partial charge on any atom is -0.381 e. The number of carbonyl (C=O) groups is 2. The van der Waals surface area contributed by atoms with Crippen LogP contribution in [0.4, 0.5) is 0 Å². The second-order valence-corrected chi connectivity index (χ2v) is 8.31. The molecule has 0 bridgehead atoms. The Hall–Kier alpha value is -2.69. The van der Waals surface area contributed by atoms with Crippen molar-refractivity contribution in [3.05, 3.63) is 35.1 Å². The molecule has 0 saturated heterocycles. The Morgan fingerprint density at radius 1 is 1.43 bits per heavy atom. The van der Waals surface area contributed by atoms with Crippen molar-refractivity contribution < 1.29 is 19.4 Å². The number of aromatic amines is 1. The molecular formula is C19H25ClN6O4. The van der Waals surface area contributed by atoms with Crippen LogP contribution in [0.25, 0.3) is 5.69 Å². The van der Waals surface area contributed by atoms with E-state index in [4.69, 9.17) is 16.3 Å². The summed E-state index contributed by atoms with van der Waals surface area (Å²) in [6, 6.07) is 4.45. The summed E-state index contributed by atoms with van der Waals surface area (Å²) in [4.78, 5) is 25.3. The third kappa shape index (κ3) is 5.26. The standard InChI is InChI=1S/C19H25ClN6O4/c1-19(2,3)30-10-16(27)18(29)26-15(6-7-23-26)17(28)21-9-12-8-13(20)4-5-14(12)25-11-22-24-25/h4-5,7-8,11,15-16,24,27H,6,9-10H2,1-3H3,(H,21,28)/t15-,16+/m0/s1. The number of hydrogen-bond donors (Lipinski definition) is 3. The number of nitrogens with one attached hydrogen (secondary N) is 2. The maximum Gasteiger partial charge on any atom is 0.274 e. The monoisotopic (exact) mass is 436 g/mol. The van der Waals surface area contributed by atoms with Gasteiger partial charge in [0.05, 0.1) is 17.9 Å². The fraction of sp³-hybridized carbons (Fsp3) is 0.474. The number of aromatic nitrogens is 3. The number of rotatable bonds is 7. The fourth-order valence-electron chi connectivity index (χ4n) is 2.86. The van der Waals surface area contributed by atoms with E-state index in [0.717, 1.165) is 16.3 Å². The molecular weight excluding hydrogens is 412 g/mol. The number of amides is 2. The van der Waals surface area contributed by atoms with Gasteiger partial charge in [-0.1, -0.05) is 11.6 Å². The molecule has 2 amide bonds. The van der Waals surface area contributed by atoms with Gasteiger partial charge in [0.15, 0.2) is 6.10 Å². The maximum atomic E-state index is 12.7. The zero-order valence-corrected chi connectivity index (χ0v) is 17.8. The van der Waals surface area contributed by atoms with Crippen LogP contribution in [0.2, 0.25) is 5.02 Å². The molecule has 162 valence electrons. The van der Waals surface area contributed by atoms with E-state index in [0.29, 0.717) is 5.02 Å². The number of hydrogen-bond acceptors (Lipinski definition) is 6. The zero-order chi connectivity index (χ0) is 21.9. The molecule has 2 aromatic rings. The van der Waals surface area contributed by atoms with Crippen molar-refractivity contribution in [2.45, 2.75) is 51.5 Å². The smallest absolute Gasteiger partial charge is 0.274 e. The number of ether oxygens (including phenoxy) is 1. The molecule has 2 atom stereocenters. The number of aliphatic hydroxyl groups is 1. The summed E-state index contributed by atoms with van der Waals surface area (Å²) in [6.45, 7) is 5.47. The fourth-order valence-corrected chi connectivity index (χ4v) is 3.05. The third-order valence-electron chi connectivity index (χ3n) is 4.41. The number of hydrazone groups is 1. The van der Waals surface area contributed by atoms with E-state index in [2.05, 4.69) is 20.7 Å². The highest BCUT2D eigenvalue weighted by Crippen LogP contribution is 2.20. The first-order chi connectivity index (χ1) is 14.2. The Labute approximate surface area is 178 Å². The van der Waals surface area contributed by atoms with Gasteiger partial charge < -0.3 is 15.2 Å². The van der Waals surface area contributed by atoms with E-state index in [1.807, 2.05) is 26.8 Å². The summed E-state index contributed by atoms with van der Waals surface area (Å²) >= 11 is 6.09. The van der Waals surface area contributed by atoms with Crippen molar-refractivity contribution in [3.63, 3.8) is 0 Å². The van der Waals surface area contributed by atoms with Crippen LogP contribution >= 0.6 is 11.6 Å². The summed E-state index contributed by atoms with van der Waals surface area (Å²) in [5, 5.41) is 25.0. The van der Waals surface area contributed by atoms with Crippen LogP contribution in [0.3, 0.4) is 0 Å². The van der Waals surface area contributed by atoms with Gasteiger partial charge in [-0.3, -0.25) is 9.59 Å². The normalized spacial score (nSPS) is 17.4. The van der Waals surface area contributed by atoms with Crippen molar-refractivity contribution in [2.24, 2.45) is 5.10 Å². The van der Waals surface area contributed by atoms with E-state index in [-0.39, 0.29) is 25.5 Å². The second kappa shape index (κ2) is 8.99. The maximum absolute atomic E-state index is 12.7. The van der Waals surface area contributed by atoms with E-state index < -0.39 is 23.7 Å². The van der Waals surface area contributed by atoms with Gasteiger partial charge in [0.2, 0.25) is 5.91 Å². The Bertz CT molecular complexity index is 923. The van der Waals surface area contributed by atoms with E-state index in [1.165, 1.54) is 6.21 Å². The molecule has 0 unspecified atom stereocenters. The van der Waals surface area contributed by atoms with Crippen molar-refractivity contribution in [3.8, 4) is 5.69 Å². The highest BCUT2D eigenvalue weighted by Gasteiger charge is 2.36. The third-order valence-corrected chi connectivity index (χ3v) is 4.65. The largest absolute Gasteiger partial charge is 0.381 e. The number of H-pyrrole nitrogens is 1. The molecule has 0 saturated carbocycles. The Balaban J connectivity index is 1.62. The van der Waals surface area contributed by atoms with Crippen molar-refractivity contribution in [1.29, 1.82) is 0 Å². The quantitative estimate of drug-likeness (QED) is 0.602. The van der Waals surface area contributed by atoms with Gasteiger partial charge >= 0.3 is 0 Å². The van der Waals surface area contributed by atoms with Crippen molar-refractivity contribution in [2.75, 3.05) is 6.61 Å². The van der Waals surface area contributed by atoms with Gasteiger partial charge in [-0.15, -0.1) is 5.10 Å². The molecule has 0 spiro atoms. The minimum absolute atomic E-state index is 0.182. The van der Waals surface area contributed by atoms with Gasteiger partial charge in [0.25, 0.3) is 5.91 Å². The van der Waals surface area contributed by atoms with Crippen molar-refractivity contribution >= 4 is 29.6 Å². The van der Waals surface area contributed by atoms with Crippen LogP contribution in [-0.4, -0.2) is 67.5 Å². The predicted molar refractivity (Wildman–Crippen MR) is 110 cm³/mol. The molecule has 0 fully saturated rings. The summed E-state index contributed by atoms with van der Waals surface area (Å²) < 4.78 is 7.14. The first-order valence-corrected chi connectivity index (χ1v) is 9.85. The molecule has 0 aliphatic carbocycles. The Kier molecular flexibility index (Phi) is 6.59. The highest BCUT2D eigenvalue weighted by molar-refractivity contribution is 6.30. The first-order valence-electron chi connectivity index (χ1n) is 9.47. The SMILES string of the molecule is CC(C)(C)OC[C@@H](O)C(=O)N1N=CC[C@H]1C(=O)NCc1cc(Cl)ccc1-n1cn[nH]1. The first kappa shape index (κ1) is 22.0. The lowest BCUT2D eigenvalue weighted by molar-refractivity contribution is -0.151. The summed E-state index contributed by atoms with van der Waals surface area (Å²) in [6.07, 6.45) is 1.92. The van der Waals surface area contributed by atoms with Gasteiger partial charge in [0, 0.05) is 24.2 Å². The Morgan fingerprint density at radius 2 is 2.17 bits per heavy atom. The number of benzene rings is 1. The van der Waals surface area contributed by atoms with Crippen molar-refractivity contribution in [1.82, 2.24) is 25.3 Å². The molecule has 1 aliphatic heterocycles. The minimum atomic E-state index is -1.41. The summed E-state index contributed by atoms with van der Waals surface area (Å²) in [5.74, 6) is -1.07. The number of halogens is 1. The van der Waals surface area contributed by atoms with E-state index in [9.17, 15) is 14.7 Å². The predicted octanol–water partition coefficient (Wildman–Crippen LogP) is 1.23. The van der Waals surface area contributed by atoms with Crippen LogP contribution in [0.15, 0.2) is 29.6 Å². The van der Waals surface area contributed by atoms with Crippen LogP contribution < -0.4 is 5.32 Å². The average molecular weight is 437 g/mol. The lowest BCUT2D eigenvalue weighted by atomic mass is 10.1. The molecule has 0 radical (unpaired) electrons.